The number of carbonyl (C=O) groups excluding carboxylic acids is 5. The van der Waals surface area contributed by atoms with Crippen LogP contribution >= 0.6 is 22.9 Å². The quantitative estimate of drug-likeness (QED) is 0.0260. The van der Waals surface area contributed by atoms with Gasteiger partial charge in [-0.3, -0.25) is 24.0 Å². The molecule has 460 valence electrons. The largest absolute Gasteiger partial charge is 0.508 e. The minimum atomic E-state index is -1.01. The van der Waals surface area contributed by atoms with Crippen molar-refractivity contribution in [3.05, 3.63) is 107 Å². The van der Waals surface area contributed by atoms with Crippen LogP contribution < -0.4 is 20.9 Å². The van der Waals surface area contributed by atoms with Crippen molar-refractivity contribution in [2.24, 2.45) is 5.41 Å². The molecule has 0 bridgehead atoms. The molecule has 2 unspecified atom stereocenters. The summed E-state index contributed by atoms with van der Waals surface area (Å²) < 4.78 is 39.5. The van der Waals surface area contributed by atoms with E-state index in [0.29, 0.717) is 60.3 Å². The molecule has 0 saturated carbocycles. The first-order valence-corrected chi connectivity index (χ1v) is 29.9. The van der Waals surface area contributed by atoms with Gasteiger partial charge in [-0.1, -0.05) is 87.5 Å². The molecule has 2 fully saturated rings. The van der Waals surface area contributed by atoms with Gasteiger partial charge in [0.15, 0.2) is 5.82 Å². The number of ether oxygens (including phenoxy) is 4. The first kappa shape index (κ1) is 64.6. The molecule has 86 heavy (non-hydrogen) atoms. The molecule has 2 aromatic heterocycles. The summed E-state index contributed by atoms with van der Waals surface area (Å²) in [5.74, 6) is -2.00. The van der Waals surface area contributed by atoms with E-state index in [2.05, 4.69) is 32.5 Å². The van der Waals surface area contributed by atoms with Crippen LogP contribution in [0.1, 0.15) is 57.8 Å². The first-order valence-electron chi connectivity index (χ1n) is 28.7. The number of halogens is 2. The Kier molecular flexibility index (Phi) is 22.4. The summed E-state index contributed by atoms with van der Waals surface area (Å²) in [5, 5.41) is 32.0. The van der Waals surface area contributed by atoms with Gasteiger partial charge in [0.2, 0.25) is 35.5 Å². The number of aliphatic hydroxyl groups excluding tert-OH is 1. The van der Waals surface area contributed by atoms with E-state index in [-0.39, 0.29) is 124 Å². The van der Waals surface area contributed by atoms with Gasteiger partial charge >= 0.3 is 0 Å². The Morgan fingerprint density at radius 1 is 0.907 bits per heavy atom. The van der Waals surface area contributed by atoms with Gasteiger partial charge in [-0.25, -0.2) is 14.4 Å². The normalized spacial score (nSPS) is 16.1. The van der Waals surface area contributed by atoms with Crippen molar-refractivity contribution in [3.8, 4) is 27.3 Å². The summed E-state index contributed by atoms with van der Waals surface area (Å²) in [6.07, 6.45) is 0.500. The van der Waals surface area contributed by atoms with Crippen LogP contribution in [0.5, 0.6) is 5.75 Å². The van der Waals surface area contributed by atoms with Gasteiger partial charge in [-0.2, -0.15) is 4.98 Å². The lowest BCUT2D eigenvalue weighted by Gasteiger charge is -2.35. The van der Waals surface area contributed by atoms with Crippen molar-refractivity contribution < 1.29 is 57.5 Å². The summed E-state index contributed by atoms with van der Waals surface area (Å²) in [6, 6.07) is 17.5. The summed E-state index contributed by atoms with van der Waals surface area (Å²) in [6.45, 7) is 16.2. The highest BCUT2D eigenvalue weighted by molar-refractivity contribution is 7.13. The number of anilines is 2. The number of likely N-dealkylation sites (N-methyl/N-ethyl adjacent to an activating group) is 1. The van der Waals surface area contributed by atoms with Crippen LogP contribution in [0, 0.1) is 18.2 Å². The van der Waals surface area contributed by atoms with Crippen molar-refractivity contribution in [3.63, 3.8) is 0 Å². The lowest BCUT2D eigenvalue weighted by Crippen LogP contribution is -2.58. The third-order valence-corrected chi connectivity index (χ3v) is 16.3. The van der Waals surface area contributed by atoms with E-state index < -0.39 is 47.1 Å². The highest BCUT2D eigenvalue weighted by atomic mass is 35.5. The van der Waals surface area contributed by atoms with Gasteiger partial charge in [0, 0.05) is 76.7 Å². The van der Waals surface area contributed by atoms with Crippen LogP contribution in [0.25, 0.3) is 43.2 Å². The highest BCUT2D eigenvalue weighted by Gasteiger charge is 2.45. The number of nitrogens with one attached hydrogen (secondary N) is 3. The number of phenols is 1. The number of likely N-dealkylation sites (tertiary alicyclic amines) is 1. The molecule has 5 N–H and O–H groups in total. The van der Waals surface area contributed by atoms with Crippen molar-refractivity contribution in [1.82, 2.24) is 40.3 Å². The molecule has 6 aromatic rings. The number of piperazine rings is 1. The summed E-state index contributed by atoms with van der Waals surface area (Å²) >= 11 is 8.44. The second-order valence-electron chi connectivity index (χ2n) is 22.3. The number of β-amino-alcohol motifs (C(OH)–C–C–N with tert-alkyl or cyclic N) is 1. The average Bonchev–Trinajstić information content (AvgIpc) is 1.02. The van der Waals surface area contributed by atoms with Gasteiger partial charge in [0.1, 0.15) is 35.8 Å². The molecule has 0 radical (unpaired) electrons. The van der Waals surface area contributed by atoms with Crippen LogP contribution in [0.4, 0.5) is 16.2 Å². The second-order valence-corrected chi connectivity index (χ2v) is 23.6. The molecule has 4 heterocycles. The Morgan fingerprint density at radius 2 is 1.58 bits per heavy atom. The monoisotopic (exact) mass is 1220 g/mol. The lowest BCUT2D eigenvalue weighted by atomic mass is 9.85. The fourth-order valence-corrected chi connectivity index (χ4v) is 11.5. The summed E-state index contributed by atoms with van der Waals surface area (Å²) in [4.78, 5) is 87.7. The highest BCUT2D eigenvalue weighted by Crippen LogP contribution is 2.42. The van der Waals surface area contributed by atoms with Gasteiger partial charge in [0.25, 0.3) is 0 Å². The Morgan fingerprint density at radius 3 is 2.24 bits per heavy atom. The maximum atomic E-state index is 17.0. The Bertz CT molecular complexity index is 3380. The van der Waals surface area contributed by atoms with Gasteiger partial charge in [0.05, 0.1) is 79.5 Å². The summed E-state index contributed by atoms with van der Waals surface area (Å²) in [5.41, 5.74) is 4.38. The van der Waals surface area contributed by atoms with Crippen LogP contribution in [0.15, 0.2) is 84.9 Å². The van der Waals surface area contributed by atoms with Crippen LogP contribution in [-0.2, 0) is 42.9 Å². The van der Waals surface area contributed by atoms with E-state index in [0.717, 1.165) is 21.7 Å². The maximum Gasteiger partial charge on any atom is 0.246 e. The van der Waals surface area contributed by atoms with Crippen LogP contribution in [-0.4, -0.2) is 193 Å². The maximum absolute atomic E-state index is 17.0. The molecule has 2 aliphatic heterocycles. The third kappa shape index (κ3) is 16.4. The lowest BCUT2D eigenvalue weighted by molar-refractivity contribution is -0.144. The Labute approximate surface area is 508 Å². The number of aromatic hydroxyl groups is 1. The van der Waals surface area contributed by atoms with Crippen LogP contribution in [0.3, 0.4) is 0 Å². The molecule has 2 aliphatic rings. The molecule has 0 spiro atoms. The van der Waals surface area contributed by atoms with E-state index in [4.69, 9.17) is 35.5 Å². The minimum Gasteiger partial charge on any atom is -0.508 e. The molecule has 4 aromatic carbocycles. The second kappa shape index (κ2) is 29.8. The predicted octanol–water partition coefficient (Wildman–Crippen LogP) is 6.91. The van der Waals surface area contributed by atoms with E-state index >= 15 is 4.39 Å². The van der Waals surface area contributed by atoms with Crippen LogP contribution in [0.2, 0.25) is 5.02 Å². The zero-order valence-corrected chi connectivity index (χ0v) is 51.0. The number of aromatic nitrogens is 3. The number of phenolic OH excluding ortho intramolecular Hbond substituents is 1. The predicted molar refractivity (Wildman–Crippen MR) is 328 cm³/mol. The number of hydrogen-bond acceptors (Lipinski definition) is 17. The van der Waals surface area contributed by atoms with Crippen molar-refractivity contribution in [1.29, 1.82) is 0 Å². The van der Waals surface area contributed by atoms with Crippen molar-refractivity contribution in [2.45, 2.75) is 71.7 Å². The number of carbonyl (C=O) groups is 5. The standard InChI is InChI=1S/C62H76ClFN10O11S/c1-8-51(78)72-19-21-73(22-20-72)58-47-34-48(63)53(46-32-43(75)31-42-11-9-10-12-45(42)46)54(64)55(47)69-61(70-58)65-18-17-52(79)71(7)23-24-82-25-26-83-27-28-84-29-30-85-36-50(77)68-57(62(4,5)6)60(81)74-35-44(76)33-49(74)59(80)67-38(2)40-13-15-41(16-14-40)56-39(3)66-37-86-56/h8-16,31-32,34,37-38,44,49,57,75-76H,1,17-30,33,35-36H2,2-7H3,(H,67,80)(H,68,77)(H,65,69,70)/t38?,44-,49+,57?/m1/s1. The number of fused-ring (bicyclic) bond motifs is 2. The van der Waals surface area contributed by atoms with Crippen molar-refractivity contribution >= 4 is 85.9 Å². The molecule has 8 rings (SSSR count). The first-order chi connectivity index (χ1) is 41.2. The number of nitrogens with zero attached hydrogens (tertiary/aromatic N) is 7. The molecule has 24 heteroatoms. The van der Waals surface area contributed by atoms with E-state index in [1.807, 2.05) is 88.0 Å². The number of hydrogen-bond donors (Lipinski definition) is 5. The molecular formula is C62H76ClFN10O11S. The molecule has 2 saturated heterocycles. The number of aryl methyl sites for hydroxylation is 1. The van der Waals surface area contributed by atoms with Gasteiger partial charge in [-0.15, -0.1) is 11.3 Å². The molecule has 5 amide bonds. The number of benzene rings is 4. The fourth-order valence-electron chi connectivity index (χ4n) is 10.4. The molecular weight excluding hydrogens is 1150 g/mol. The number of thiazole rings is 1. The summed E-state index contributed by atoms with van der Waals surface area (Å²) in [7, 11) is 1.67. The number of amides is 5. The van der Waals surface area contributed by atoms with E-state index in [1.165, 1.54) is 17.0 Å². The third-order valence-electron chi connectivity index (χ3n) is 15.1. The number of rotatable bonds is 27. The fraction of sp³-hybridized carbons (Fsp3) is 0.452. The van der Waals surface area contributed by atoms with Crippen molar-refractivity contribution in [2.75, 3.05) is 116 Å². The average molecular weight is 1220 g/mol. The topological polar surface area (TPSA) is 250 Å². The molecule has 21 nitrogen and oxygen atoms in total. The number of aliphatic hydroxyl groups is 1. The molecule has 4 atom stereocenters. The Balaban J connectivity index is 0.715. The smallest absolute Gasteiger partial charge is 0.246 e. The molecule has 0 aliphatic carbocycles. The Hall–Kier alpha value is -7.38. The SMILES string of the molecule is C=CC(=O)N1CCN(c2nc(NCCC(=O)N(C)CCOCCOCCOCCOCC(=O)NC(C(=O)N3C[C@H](O)C[C@H]3C(=O)NC(C)c3ccc(-c4scnc4C)cc3)C(C)(C)C)nc3c(F)c(-c4cc(O)cc5ccccc45)c(Cl)cc23)CC1. The minimum absolute atomic E-state index is 0.00803. The van der Waals surface area contributed by atoms with E-state index in [1.54, 1.807) is 45.8 Å². The van der Waals surface area contributed by atoms with Gasteiger partial charge < -0.3 is 64.7 Å². The van der Waals surface area contributed by atoms with Gasteiger partial charge in [-0.05, 0) is 71.0 Å². The van der Waals surface area contributed by atoms with E-state index in [9.17, 15) is 34.2 Å². The zero-order valence-electron chi connectivity index (χ0n) is 49.4. The zero-order chi connectivity index (χ0) is 61.7.